The first-order valence-electron chi connectivity index (χ1n) is 0. The van der Waals surface area contributed by atoms with Crippen molar-refractivity contribution in [1.29, 1.82) is 0 Å². The Balaban J connectivity index is 0. The summed E-state index contributed by atoms with van der Waals surface area (Å²) in [6.07, 6.45) is 0. The van der Waals surface area contributed by atoms with Crippen molar-refractivity contribution in [2.45, 2.75) is 14.9 Å². The normalized spacial score (nSPS) is 0. The van der Waals surface area contributed by atoms with Crippen molar-refractivity contribution in [3.05, 3.63) is 0 Å². The van der Waals surface area contributed by atoms with Crippen LogP contribution in [0, 0.1) is 62.2 Å². The molecule has 0 amide bonds. The molecule has 4 heavy (non-hydrogen) atoms. The molecule has 2 heteroatoms. The van der Waals surface area contributed by atoms with Gasteiger partial charge in [0, 0.05) is 62.2 Å². The first-order chi connectivity index (χ1) is 0. The predicted molar refractivity (Wildman–Crippen MR) is 13.5 cm³/mol. The maximum absolute atomic E-state index is 0. The zero-order chi connectivity index (χ0) is 0. The summed E-state index contributed by atoms with van der Waals surface area (Å²) in [4.78, 5) is 0. The Kier molecular flexibility index (Phi) is 174. The molecule has 0 saturated carbocycles. The molecule has 0 radical (unpaired) electrons. The summed E-state index contributed by atoms with van der Waals surface area (Å²) in [7, 11) is 0. The van der Waals surface area contributed by atoms with Crippen LogP contribution in [0.1, 0.15) is 14.9 Å². The van der Waals surface area contributed by atoms with Crippen molar-refractivity contribution in [1.82, 2.24) is 0 Å². The fraction of sp³-hybridized carbons (Fsp3) is 1.00. The summed E-state index contributed by atoms with van der Waals surface area (Å²) >= 11 is 0. The molecule has 0 nitrogen and oxygen atoms in total. The smallest absolute Gasteiger partial charge is 0 e. The molecule has 0 aliphatic carbocycles. The first-order valence-corrected chi connectivity index (χ1v) is 0. The molecule has 0 heterocycles. The van der Waals surface area contributed by atoms with Gasteiger partial charge in [0.15, 0.2) is 0 Å². The summed E-state index contributed by atoms with van der Waals surface area (Å²) in [6.45, 7) is 0. The van der Waals surface area contributed by atoms with Gasteiger partial charge in [0.25, 0.3) is 0 Å². The minimum Gasteiger partial charge on any atom is -0.0776 e. The van der Waals surface area contributed by atoms with Crippen molar-refractivity contribution in [3.63, 3.8) is 0 Å². The Morgan fingerprint density at radius 1 is 0.500 bits per heavy atom. The van der Waals surface area contributed by atoms with E-state index in [4.69, 9.17) is 0 Å². The van der Waals surface area contributed by atoms with E-state index in [-0.39, 0.29) is 77.1 Å². The molecular formula is C2H8U2. The van der Waals surface area contributed by atoms with Crippen molar-refractivity contribution >= 4 is 0 Å². The molecule has 0 bridgehead atoms. The number of hydrogen-bond acceptors (Lipinski definition) is 0. The van der Waals surface area contributed by atoms with E-state index in [1.54, 1.807) is 0 Å². The molecular weight excluding hydrogens is 500 g/mol. The van der Waals surface area contributed by atoms with Crippen LogP contribution >= 0.6 is 0 Å². The van der Waals surface area contributed by atoms with Crippen LogP contribution < -0.4 is 0 Å². The summed E-state index contributed by atoms with van der Waals surface area (Å²) in [5.74, 6) is 0. The van der Waals surface area contributed by atoms with E-state index < -0.39 is 0 Å². The molecule has 0 aromatic carbocycles. The van der Waals surface area contributed by atoms with Crippen molar-refractivity contribution in [3.8, 4) is 0 Å². The van der Waals surface area contributed by atoms with Crippen LogP contribution in [0.4, 0.5) is 0 Å². The largest absolute Gasteiger partial charge is 0.0776 e. The van der Waals surface area contributed by atoms with Gasteiger partial charge in [0.05, 0.1) is 0 Å². The van der Waals surface area contributed by atoms with Gasteiger partial charge in [-0.1, -0.05) is 14.9 Å². The van der Waals surface area contributed by atoms with Crippen LogP contribution in [0.5, 0.6) is 0 Å². The predicted octanol–water partition coefficient (Wildman–Crippen LogP) is 1.27. The maximum atomic E-state index is 0. The van der Waals surface area contributed by atoms with Crippen molar-refractivity contribution in [2.75, 3.05) is 0 Å². The van der Waals surface area contributed by atoms with E-state index in [2.05, 4.69) is 0 Å². The van der Waals surface area contributed by atoms with Crippen LogP contribution in [0.15, 0.2) is 0 Å². The fourth-order valence-corrected chi connectivity index (χ4v) is 0. The average molecular weight is 508 g/mol. The minimum absolute atomic E-state index is 0. The van der Waals surface area contributed by atoms with Gasteiger partial charge in [-0.15, -0.1) is 0 Å². The van der Waals surface area contributed by atoms with E-state index in [1.807, 2.05) is 0 Å². The third-order valence-corrected chi connectivity index (χ3v) is 0. The molecule has 0 atom stereocenters. The molecule has 0 N–H and O–H groups in total. The van der Waals surface area contributed by atoms with E-state index in [1.165, 1.54) is 0 Å². The molecule has 0 unspecified atom stereocenters. The summed E-state index contributed by atoms with van der Waals surface area (Å²) in [6, 6.07) is 0. The Labute approximate surface area is 75.9 Å². The summed E-state index contributed by atoms with van der Waals surface area (Å²) in [5, 5.41) is 0. The van der Waals surface area contributed by atoms with Crippen LogP contribution in [0.3, 0.4) is 0 Å². The molecule has 0 aromatic rings. The van der Waals surface area contributed by atoms with Gasteiger partial charge < -0.3 is 0 Å². The second-order valence-electron chi connectivity index (χ2n) is 0. The van der Waals surface area contributed by atoms with E-state index >= 15 is 0 Å². The average Bonchev–Trinajstić information content (AvgIpc) is 0. The van der Waals surface area contributed by atoms with Gasteiger partial charge >= 0.3 is 0 Å². The standard InChI is InChI=1S/2CH4.2U/h2*1H4;;. The molecule has 24 valence electrons. The van der Waals surface area contributed by atoms with Gasteiger partial charge in [-0.05, 0) is 0 Å². The molecule has 0 rings (SSSR count). The topological polar surface area (TPSA) is 0 Å². The Bertz CT molecular complexity index is 4.00. The van der Waals surface area contributed by atoms with Crippen LogP contribution in [-0.4, -0.2) is 0 Å². The Hall–Kier alpha value is 2.10. The zero-order valence-electron chi connectivity index (χ0n) is 1.00. The summed E-state index contributed by atoms with van der Waals surface area (Å²) in [5.41, 5.74) is 0. The second-order valence-corrected chi connectivity index (χ2v) is 0. The van der Waals surface area contributed by atoms with Crippen LogP contribution in [0.2, 0.25) is 0 Å². The third kappa shape index (κ3) is 8.93. The van der Waals surface area contributed by atoms with E-state index in [0.29, 0.717) is 0 Å². The number of rotatable bonds is 0. The molecule has 0 saturated heterocycles. The Morgan fingerprint density at radius 2 is 0.500 bits per heavy atom. The molecule has 0 aromatic heterocycles. The first kappa shape index (κ1) is 35.9. The van der Waals surface area contributed by atoms with Crippen molar-refractivity contribution in [2.24, 2.45) is 0 Å². The van der Waals surface area contributed by atoms with Crippen molar-refractivity contribution < 1.29 is 62.2 Å². The van der Waals surface area contributed by atoms with Crippen LogP contribution in [0.25, 0.3) is 0 Å². The molecule has 0 spiro atoms. The van der Waals surface area contributed by atoms with Gasteiger partial charge in [-0.2, -0.15) is 0 Å². The number of hydrogen-bond donors (Lipinski definition) is 0. The zero-order valence-corrected chi connectivity index (χ0v) is 9.33. The van der Waals surface area contributed by atoms with Gasteiger partial charge in [-0.3, -0.25) is 0 Å². The monoisotopic (exact) mass is 508 g/mol. The second kappa shape index (κ2) is 19.4. The Morgan fingerprint density at radius 3 is 0.500 bits per heavy atom. The minimum atomic E-state index is 0. The quantitative estimate of drug-likeness (QED) is 0.463. The fourth-order valence-electron chi connectivity index (χ4n) is 0. The SMILES string of the molecule is C.C.[U].[U]. The van der Waals surface area contributed by atoms with Crippen LogP contribution in [-0.2, 0) is 0 Å². The van der Waals surface area contributed by atoms with Gasteiger partial charge in [0.1, 0.15) is 0 Å². The maximum Gasteiger partial charge on any atom is 0 e. The molecule has 0 aliphatic heterocycles. The third-order valence-electron chi connectivity index (χ3n) is 0. The molecule has 0 fully saturated rings. The van der Waals surface area contributed by atoms with E-state index in [9.17, 15) is 0 Å². The van der Waals surface area contributed by atoms with Gasteiger partial charge in [0.2, 0.25) is 0 Å². The molecule has 0 aliphatic rings. The van der Waals surface area contributed by atoms with E-state index in [0.717, 1.165) is 0 Å². The summed E-state index contributed by atoms with van der Waals surface area (Å²) < 4.78 is 0. The van der Waals surface area contributed by atoms with Gasteiger partial charge in [-0.25, -0.2) is 0 Å².